The molecule has 0 amide bonds. The van der Waals surface area contributed by atoms with E-state index in [4.69, 9.17) is 0 Å². The van der Waals surface area contributed by atoms with Gasteiger partial charge >= 0.3 is 0 Å². The number of hydrogen-bond acceptors (Lipinski definition) is 3. The van der Waals surface area contributed by atoms with Crippen LogP contribution in [-0.2, 0) is 6.54 Å². The number of nitrogens with one attached hydrogen (secondary N) is 1. The number of aryl methyl sites for hydroxylation is 1. The summed E-state index contributed by atoms with van der Waals surface area (Å²) >= 11 is 1.80. The van der Waals surface area contributed by atoms with Crippen molar-refractivity contribution in [1.82, 2.24) is 10.3 Å². The third kappa shape index (κ3) is 3.87. The molecule has 0 atom stereocenters. The number of hydrogen-bond donors (Lipinski definition) is 1. The standard InChI is InChI=1S/C13H22N2S/c1-11-9-15-13(16-11)10-14-8-7-12-5-3-2-4-6-12/h9,12,14H,2-8,10H2,1H3. The highest BCUT2D eigenvalue weighted by atomic mass is 32.1. The second-order valence-electron chi connectivity index (χ2n) is 4.83. The molecule has 2 nitrogen and oxygen atoms in total. The lowest BCUT2D eigenvalue weighted by molar-refractivity contribution is 0.334. The summed E-state index contributed by atoms with van der Waals surface area (Å²) in [5.41, 5.74) is 0. The molecule has 1 aromatic rings. The smallest absolute Gasteiger partial charge is 0.107 e. The summed E-state index contributed by atoms with van der Waals surface area (Å²) in [5.74, 6) is 0.985. The van der Waals surface area contributed by atoms with Gasteiger partial charge < -0.3 is 5.32 Å². The van der Waals surface area contributed by atoms with Crippen molar-refractivity contribution >= 4 is 11.3 Å². The predicted octanol–water partition coefficient (Wildman–Crippen LogP) is 3.51. The van der Waals surface area contributed by atoms with E-state index in [2.05, 4.69) is 17.2 Å². The maximum absolute atomic E-state index is 4.36. The minimum atomic E-state index is 0.950. The minimum absolute atomic E-state index is 0.950. The average Bonchev–Trinajstić information content (AvgIpc) is 2.72. The molecular weight excluding hydrogens is 216 g/mol. The molecule has 2 rings (SSSR count). The summed E-state index contributed by atoms with van der Waals surface area (Å²) in [4.78, 5) is 5.67. The Hall–Kier alpha value is -0.410. The first kappa shape index (κ1) is 12.1. The van der Waals surface area contributed by atoms with Crippen molar-refractivity contribution in [3.8, 4) is 0 Å². The van der Waals surface area contributed by atoms with Crippen LogP contribution in [0.1, 0.15) is 48.4 Å². The zero-order valence-electron chi connectivity index (χ0n) is 10.2. The maximum atomic E-state index is 4.36. The van der Waals surface area contributed by atoms with Crippen LogP contribution in [-0.4, -0.2) is 11.5 Å². The molecule has 0 radical (unpaired) electrons. The molecule has 1 fully saturated rings. The summed E-state index contributed by atoms with van der Waals surface area (Å²) in [6.07, 6.45) is 10.6. The SMILES string of the molecule is Cc1cnc(CNCCC2CCCCC2)s1. The van der Waals surface area contributed by atoms with E-state index < -0.39 is 0 Å². The van der Waals surface area contributed by atoms with Crippen molar-refractivity contribution in [3.63, 3.8) is 0 Å². The molecule has 1 heterocycles. The monoisotopic (exact) mass is 238 g/mol. The van der Waals surface area contributed by atoms with Crippen molar-refractivity contribution in [2.45, 2.75) is 52.0 Å². The van der Waals surface area contributed by atoms with E-state index in [1.807, 2.05) is 6.20 Å². The van der Waals surface area contributed by atoms with Gasteiger partial charge in [0.2, 0.25) is 0 Å². The van der Waals surface area contributed by atoms with Crippen LogP contribution in [0.5, 0.6) is 0 Å². The van der Waals surface area contributed by atoms with Crippen LogP contribution >= 0.6 is 11.3 Å². The lowest BCUT2D eigenvalue weighted by Gasteiger charge is -2.21. The van der Waals surface area contributed by atoms with E-state index in [0.717, 1.165) is 19.0 Å². The van der Waals surface area contributed by atoms with Crippen molar-refractivity contribution < 1.29 is 0 Å². The first-order valence-electron chi connectivity index (χ1n) is 6.46. The first-order valence-corrected chi connectivity index (χ1v) is 7.28. The molecule has 1 aliphatic rings. The Morgan fingerprint density at radius 1 is 1.38 bits per heavy atom. The summed E-state index contributed by atoms with van der Waals surface area (Å²) in [5, 5.41) is 4.73. The highest BCUT2D eigenvalue weighted by molar-refractivity contribution is 7.11. The number of thiazole rings is 1. The van der Waals surface area contributed by atoms with Crippen LogP contribution < -0.4 is 5.32 Å². The number of aromatic nitrogens is 1. The molecular formula is C13H22N2S. The Morgan fingerprint density at radius 2 is 2.19 bits per heavy atom. The highest BCUT2D eigenvalue weighted by Gasteiger charge is 2.12. The van der Waals surface area contributed by atoms with Crippen molar-refractivity contribution in [2.24, 2.45) is 5.92 Å². The van der Waals surface area contributed by atoms with Crippen molar-refractivity contribution in [3.05, 3.63) is 16.1 Å². The molecule has 1 saturated carbocycles. The van der Waals surface area contributed by atoms with Gasteiger partial charge in [0.25, 0.3) is 0 Å². The number of rotatable bonds is 5. The summed E-state index contributed by atoms with van der Waals surface area (Å²) < 4.78 is 0. The zero-order chi connectivity index (χ0) is 11.2. The van der Waals surface area contributed by atoms with Gasteiger partial charge in [0.1, 0.15) is 5.01 Å². The molecule has 0 aromatic carbocycles. The first-order chi connectivity index (χ1) is 7.84. The lowest BCUT2D eigenvalue weighted by atomic mass is 9.87. The van der Waals surface area contributed by atoms with Gasteiger partial charge in [0.05, 0.1) is 0 Å². The van der Waals surface area contributed by atoms with Crippen molar-refractivity contribution in [1.29, 1.82) is 0 Å². The van der Waals surface area contributed by atoms with Crippen LogP contribution in [0, 0.1) is 12.8 Å². The summed E-state index contributed by atoms with van der Waals surface area (Å²) in [6, 6.07) is 0. The van der Waals surface area contributed by atoms with Gasteiger partial charge in [-0.2, -0.15) is 0 Å². The van der Waals surface area contributed by atoms with Crippen LogP contribution in [0.25, 0.3) is 0 Å². The van der Waals surface area contributed by atoms with Gasteiger partial charge in [0, 0.05) is 17.6 Å². The quantitative estimate of drug-likeness (QED) is 0.794. The Morgan fingerprint density at radius 3 is 2.88 bits per heavy atom. The molecule has 0 bridgehead atoms. The number of nitrogens with zero attached hydrogens (tertiary/aromatic N) is 1. The Labute approximate surface area is 102 Å². The average molecular weight is 238 g/mol. The van der Waals surface area contributed by atoms with E-state index in [0.29, 0.717) is 0 Å². The van der Waals surface area contributed by atoms with Crippen LogP contribution in [0.2, 0.25) is 0 Å². The van der Waals surface area contributed by atoms with E-state index in [9.17, 15) is 0 Å². The predicted molar refractivity (Wildman–Crippen MR) is 69.7 cm³/mol. The van der Waals surface area contributed by atoms with Crippen molar-refractivity contribution in [2.75, 3.05) is 6.54 Å². The van der Waals surface area contributed by atoms with E-state index in [1.165, 1.54) is 48.4 Å². The van der Waals surface area contributed by atoms with Crippen LogP contribution in [0.3, 0.4) is 0 Å². The maximum Gasteiger partial charge on any atom is 0.107 e. The molecule has 1 N–H and O–H groups in total. The lowest BCUT2D eigenvalue weighted by Crippen LogP contribution is -2.18. The molecule has 1 aromatic heterocycles. The van der Waals surface area contributed by atoms with Crippen LogP contribution in [0.15, 0.2) is 6.20 Å². The van der Waals surface area contributed by atoms with Crippen LogP contribution in [0.4, 0.5) is 0 Å². The largest absolute Gasteiger partial charge is 0.310 e. The van der Waals surface area contributed by atoms with E-state index in [1.54, 1.807) is 11.3 Å². The Balaban J connectivity index is 1.57. The molecule has 0 saturated heterocycles. The Bertz CT molecular complexity index is 303. The minimum Gasteiger partial charge on any atom is -0.310 e. The third-order valence-electron chi connectivity index (χ3n) is 3.40. The summed E-state index contributed by atoms with van der Waals surface area (Å²) in [7, 11) is 0. The fourth-order valence-corrected chi connectivity index (χ4v) is 3.22. The zero-order valence-corrected chi connectivity index (χ0v) is 11.0. The molecule has 3 heteroatoms. The molecule has 0 unspecified atom stereocenters. The molecule has 16 heavy (non-hydrogen) atoms. The highest BCUT2D eigenvalue weighted by Crippen LogP contribution is 2.25. The van der Waals surface area contributed by atoms with E-state index >= 15 is 0 Å². The van der Waals surface area contributed by atoms with E-state index in [-0.39, 0.29) is 0 Å². The van der Waals surface area contributed by atoms with Gasteiger partial charge in [-0.3, -0.25) is 0 Å². The Kier molecular flexibility index (Phi) is 4.79. The second kappa shape index (κ2) is 6.36. The molecule has 1 aliphatic carbocycles. The van der Waals surface area contributed by atoms with Gasteiger partial charge in [-0.25, -0.2) is 4.98 Å². The molecule has 0 spiro atoms. The van der Waals surface area contributed by atoms with Gasteiger partial charge in [-0.1, -0.05) is 32.1 Å². The van der Waals surface area contributed by atoms with Gasteiger partial charge in [-0.05, 0) is 25.8 Å². The summed E-state index contributed by atoms with van der Waals surface area (Å²) in [6.45, 7) is 4.22. The normalized spacial score (nSPS) is 17.8. The fourth-order valence-electron chi connectivity index (χ4n) is 2.46. The second-order valence-corrected chi connectivity index (χ2v) is 6.15. The third-order valence-corrected chi connectivity index (χ3v) is 4.31. The van der Waals surface area contributed by atoms with Gasteiger partial charge in [-0.15, -0.1) is 11.3 Å². The topological polar surface area (TPSA) is 24.9 Å². The van der Waals surface area contributed by atoms with Gasteiger partial charge in [0.15, 0.2) is 0 Å². The molecule has 0 aliphatic heterocycles. The fraction of sp³-hybridized carbons (Fsp3) is 0.769. The molecule has 90 valence electrons.